The molecule has 154 valence electrons. The molecule has 4 nitrogen and oxygen atoms in total. The second-order valence-electron chi connectivity index (χ2n) is 8.69. The third-order valence-corrected chi connectivity index (χ3v) is 6.79. The third-order valence-electron chi connectivity index (χ3n) is 6.79. The predicted molar refractivity (Wildman–Crippen MR) is 129 cm³/mol. The molecule has 0 fully saturated rings. The van der Waals surface area contributed by atoms with Crippen LogP contribution in [0.2, 0.25) is 0 Å². The van der Waals surface area contributed by atoms with E-state index < -0.39 is 0 Å². The Hall–Kier alpha value is -3.14. The highest BCUT2D eigenvalue weighted by Crippen LogP contribution is 2.49. The van der Waals surface area contributed by atoms with Gasteiger partial charge in [-0.3, -0.25) is 0 Å². The van der Waals surface area contributed by atoms with E-state index in [9.17, 15) is 0 Å². The summed E-state index contributed by atoms with van der Waals surface area (Å²) in [7, 11) is 4.36. The van der Waals surface area contributed by atoms with Crippen molar-refractivity contribution in [1.82, 2.24) is 0 Å². The van der Waals surface area contributed by atoms with Crippen LogP contribution in [0.5, 0.6) is 0 Å². The first-order valence-electron chi connectivity index (χ1n) is 10.7. The standard InChI is InChI=1S/C26H30N4/c1-17-15-18(2)26(30-20(4)28(6)22-12-8-10-14-24(22)30)19(3)25(17)29-16-27(5)21-11-7-9-13-23(21)29/h7-15,20H,16H2,1-6H3/t20-/m0/s1. The van der Waals surface area contributed by atoms with Crippen molar-refractivity contribution in [1.29, 1.82) is 0 Å². The normalized spacial score (nSPS) is 17.6. The van der Waals surface area contributed by atoms with E-state index in [1.54, 1.807) is 0 Å². The summed E-state index contributed by atoms with van der Waals surface area (Å²) in [5.41, 5.74) is 11.8. The summed E-state index contributed by atoms with van der Waals surface area (Å²) in [6.45, 7) is 9.94. The lowest BCUT2D eigenvalue weighted by Gasteiger charge is -2.33. The summed E-state index contributed by atoms with van der Waals surface area (Å²) < 4.78 is 0. The number of aryl methyl sites for hydroxylation is 2. The van der Waals surface area contributed by atoms with Crippen molar-refractivity contribution in [2.45, 2.75) is 33.9 Å². The van der Waals surface area contributed by atoms with Gasteiger partial charge in [-0.15, -0.1) is 0 Å². The number of anilines is 6. The van der Waals surface area contributed by atoms with Crippen LogP contribution in [0, 0.1) is 20.8 Å². The van der Waals surface area contributed by atoms with Crippen molar-refractivity contribution < 1.29 is 0 Å². The van der Waals surface area contributed by atoms with Crippen LogP contribution in [0.1, 0.15) is 23.6 Å². The molecule has 5 rings (SSSR count). The molecule has 0 radical (unpaired) electrons. The molecule has 0 N–H and O–H groups in total. The third kappa shape index (κ3) is 2.53. The fourth-order valence-corrected chi connectivity index (χ4v) is 5.37. The zero-order valence-electron chi connectivity index (χ0n) is 18.8. The number of benzene rings is 3. The molecule has 0 aromatic heterocycles. The van der Waals surface area contributed by atoms with Crippen molar-refractivity contribution in [3.8, 4) is 0 Å². The van der Waals surface area contributed by atoms with E-state index in [1.165, 1.54) is 50.8 Å². The van der Waals surface area contributed by atoms with E-state index in [-0.39, 0.29) is 6.17 Å². The number of rotatable bonds is 2. The van der Waals surface area contributed by atoms with Gasteiger partial charge in [0.1, 0.15) is 6.17 Å². The topological polar surface area (TPSA) is 13.0 Å². The Labute approximate surface area is 179 Å². The van der Waals surface area contributed by atoms with E-state index in [0.717, 1.165) is 6.67 Å². The Morgan fingerprint density at radius 2 is 1.30 bits per heavy atom. The Bertz CT molecular complexity index is 1140. The summed E-state index contributed by atoms with van der Waals surface area (Å²) in [5.74, 6) is 0. The van der Waals surface area contributed by atoms with Crippen molar-refractivity contribution in [2.24, 2.45) is 0 Å². The van der Waals surface area contributed by atoms with Gasteiger partial charge in [-0.2, -0.15) is 0 Å². The van der Waals surface area contributed by atoms with Crippen LogP contribution in [0.3, 0.4) is 0 Å². The zero-order chi connectivity index (χ0) is 21.2. The second kappa shape index (κ2) is 6.69. The molecule has 2 aliphatic rings. The molecular formula is C26H30N4. The van der Waals surface area contributed by atoms with Gasteiger partial charge in [-0.05, 0) is 68.7 Å². The smallest absolute Gasteiger partial charge is 0.103 e. The van der Waals surface area contributed by atoms with Crippen molar-refractivity contribution in [2.75, 3.05) is 40.4 Å². The van der Waals surface area contributed by atoms with Crippen molar-refractivity contribution in [3.05, 3.63) is 71.3 Å². The Morgan fingerprint density at radius 3 is 2.00 bits per heavy atom. The van der Waals surface area contributed by atoms with Gasteiger partial charge in [-0.25, -0.2) is 0 Å². The summed E-state index contributed by atoms with van der Waals surface area (Å²) in [6.07, 6.45) is 0.267. The Kier molecular flexibility index (Phi) is 4.21. The number of hydrogen-bond acceptors (Lipinski definition) is 4. The van der Waals surface area contributed by atoms with Crippen molar-refractivity contribution in [3.63, 3.8) is 0 Å². The minimum atomic E-state index is 0.267. The number of fused-ring (bicyclic) bond motifs is 2. The molecule has 4 heteroatoms. The van der Waals surface area contributed by atoms with Gasteiger partial charge in [0.2, 0.25) is 0 Å². The first kappa shape index (κ1) is 18.9. The maximum atomic E-state index is 2.51. The molecule has 0 amide bonds. The fraction of sp³-hybridized carbons (Fsp3) is 0.308. The first-order chi connectivity index (χ1) is 14.4. The molecule has 0 spiro atoms. The molecule has 0 bridgehead atoms. The van der Waals surface area contributed by atoms with Gasteiger partial charge in [0, 0.05) is 14.1 Å². The van der Waals surface area contributed by atoms with Crippen LogP contribution in [0.25, 0.3) is 0 Å². The van der Waals surface area contributed by atoms with Crippen LogP contribution < -0.4 is 19.6 Å². The maximum absolute atomic E-state index is 2.51. The summed E-state index contributed by atoms with van der Waals surface area (Å²) in [5, 5.41) is 0. The minimum Gasteiger partial charge on any atom is -0.355 e. The van der Waals surface area contributed by atoms with E-state index in [4.69, 9.17) is 0 Å². The molecule has 30 heavy (non-hydrogen) atoms. The molecule has 0 saturated carbocycles. The van der Waals surface area contributed by atoms with Gasteiger partial charge in [0.25, 0.3) is 0 Å². The van der Waals surface area contributed by atoms with E-state index in [2.05, 4.69) is 116 Å². The van der Waals surface area contributed by atoms with Crippen LogP contribution in [-0.4, -0.2) is 26.9 Å². The van der Waals surface area contributed by atoms with E-state index in [1.807, 2.05) is 0 Å². The monoisotopic (exact) mass is 398 g/mol. The van der Waals surface area contributed by atoms with Gasteiger partial charge in [0.15, 0.2) is 0 Å². The lowest BCUT2D eigenvalue weighted by atomic mass is 9.99. The lowest BCUT2D eigenvalue weighted by molar-refractivity contribution is 0.731. The molecule has 3 aromatic rings. The molecular weight excluding hydrogens is 368 g/mol. The molecule has 3 aromatic carbocycles. The zero-order valence-corrected chi connectivity index (χ0v) is 18.8. The van der Waals surface area contributed by atoms with E-state index in [0.29, 0.717) is 0 Å². The van der Waals surface area contributed by atoms with Crippen LogP contribution >= 0.6 is 0 Å². The first-order valence-corrected chi connectivity index (χ1v) is 10.7. The lowest BCUT2D eigenvalue weighted by Crippen LogP contribution is -2.36. The average molecular weight is 399 g/mol. The largest absolute Gasteiger partial charge is 0.355 e. The molecule has 1 atom stereocenters. The SMILES string of the molecule is Cc1cc(C)c(N2c3ccccc3N(C)[C@@H]2C)c(C)c1N1CN(C)c2ccccc21. The van der Waals surface area contributed by atoms with Crippen LogP contribution in [0.4, 0.5) is 34.1 Å². The van der Waals surface area contributed by atoms with Gasteiger partial charge in [0.05, 0.1) is 40.8 Å². The maximum Gasteiger partial charge on any atom is 0.103 e. The van der Waals surface area contributed by atoms with Gasteiger partial charge in [-0.1, -0.05) is 30.3 Å². The van der Waals surface area contributed by atoms with Crippen molar-refractivity contribution >= 4 is 34.1 Å². The molecule has 2 aliphatic heterocycles. The molecule has 0 saturated heterocycles. The summed E-state index contributed by atoms with van der Waals surface area (Å²) in [4.78, 5) is 9.68. The highest BCUT2D eigenvalue weighted by molar-refractivity contribution is 5.91. The number of hydrogen-bond donors (Lipinski definition) is 0. The summed E-state index contributed by atoms with van der Waals surface area (Å²) >= 11 is 0. The minimum absolute atomic E-state index is 0.267. The van der Waals surface area contributed by atoms with Crippen LogP contribution in [-0.2, 0) is 0 Å². The highest BCUT2D eigenvalue weighted by Gasteiger charge is 2.35. The molecule has 0 unspecified atom stereocenters. The quantitative estimate of drug-likeness (QED) is 0.518. The molecule has 0 aliphatic carbocycles. The highest BCUT2D eigenvalue weighted by atomic mass is 15.4. The Morgan fingerprint density at radius 1 is 0.733 bits per heavy atom. The predicted octanol–water partition coefficient (Wildman–Crippen LogP) is 6.09. The summed E-state index contributed by atoms with van der Waals surface area (Å²) in [6, 6.07) is 19.8. The average Bonchev–Trinajstić information content (AvgIpc) is 3.18. The fourth-order valence-electron chi connectivity index (χ4n) is 5.37. The Balaban J connectivity index is 1.70. The van der Waals surface area contributed by atoms with Crippen LogP contribution in [0.15, 0.2) is 54.6 Å². The second-order valence-corrected chi connectivity index (χ2v) is 8.69. The van der Waals surface area contributed by atoms with Gasteiger partial charge >= 0.3 is 0 Å². The van der Waals surface area contributed by atoms with E-state index >= 15 is 0 Å². The number of para-hydroxylation sites is 4. The van der Waals surface area contributed by atoms with Gasteiger partial charge < -0.3 is 19.6 Å². The molecule has 2 heterocycles. The number of nitrogens with zero attached hydrogens (tertiary/aromatic N) is 4.